The van der Waals surface area contributed by atoms with E-state index in [1.807, 2.05) is 30.3 Å². The lowest BCUT2D eigenvalue weighted by atomic mass is 10.1. The van der Waals surface area contributed by atoms with Crippen LogP contribution in [0.5, 0.6) is 5.75 Å². The molecule has 3 rings (SSSR count). The number of methoxy groups -OCH3 is 1. The van der Waals surface area contributed by atoms with Gasteiger partial charge in [-0.2, -0.15) is 0 Å². The summed E-state index contributed by atoms with van der Waals surface area (Å²) in [5.41, 5.74) is 1.90. The Morgan fingerprint density at radius 2 is 1.88 bits per heavy atom. The number of hydrogen-bond donors (Lipinski definition) is 0. The third-order valence-electron chi connectivity index (χ3n) is 4.43. The van der Waals surface area contributed by atoms with Crippen molar-refractivity contribution in [3.63, 3.8) is 0 Å². The first-order chi connectivity index (χ1) is 12.1. The third kappa shape index (κ3) is 4.03. The van der Waals surface area contributed by atoms with E-state index in [0.717, 1.165) is 44.0 Å². The van der Waals surface area contributed by atoms with Gasteiger partial charge in [-0.1, -0.05) is 23.7 Å². The molecule has 25 heavy (non-hydrogen) atoms. The van der Waals surface area contributed by atoms with Gasteiger partial charge in [0.1, 0.15) is 11.4 Å². The molecule has 6 nitrogen and oxygen atoms in total. The Morgan fingerprint density at radius 1 is 1.16 bits per heavy atom. The van der Waals surface area contributed by atoms with Gasteiger partial charge in [0.2, 0.25) is 0 Å². The van der Waals surface area contributed by atoms with Gasteiger partial charge in [-0.05, 0) is 24.3 Å². The minimum Gasteiger partial charge on any atom is -0.496 e. The van der Waals surface area contributed by atoms with Crippen molar-refractivity contribution in [3.05, 3.63) is 63.2 Å². The molecule has 0 radical (unpaired) electrons. The summed E-state index contributed by atoms with van der Waals surface area (Å²) >= 11 is 6.10. The molecule has 7 heteroatoms. The van der Waals surface area contributed by atoms with Gasteiger partial charge in [-0.25, -0.2) is 0 Å². The molecule has 0 N–H and O–H groups in total. The number of nitro groups is 1. The highest BCUT2D eigenvalue weighted by atomic mass is 35.5. The fraction of sp³-hybridized carbons (Fsp3) is 0.333. The minimum atomic E-state index is -0.321. The van der Waals surface area contributed by atoms with Gasteiger partial charge in [-0.3, -0.25) is 15.0 Å². The molecule has 0 saturated carbocycles. The second-order valence-corrected chi connectivity index (χ2v) is 6.40. The van der Waals surface area contributed by atoms with Gasteiger partial charge in [-0.15, -0.1) is 0 Å². The van der Waals surface area contributed by atoms with Crippen LogP contribution in [0.25, 0.3) is 0 Å². The number of para-hydroxylation sites is 2. The maximum Gasteiger partial charge on any atom is 0.292 e. The summed E-state index contributed by atoms with van der Waals surface area (Å²) in [5, 5.41) is 11.9. The Labute approximate surface area is 151 Å². The van der Waals surface area contributed by atoms with Gasteiger partial charge < -0.3 is 9.64 Å². The van der Waals surface area contributed by atoms with E-state index in [-0.39, 0.29) is 10.6 Å². The molecule has 2 aromatic rings. The van der Waals surface area contributed by atoms with Gasteiger partial charge >= 0.3 is 0 Å². The highest BCUT2D eigenvalue weighted by Gasteiger charge is 2.23. The predicted molar refractivity (Wildman–Crippen MR) is 98.6 cm³/mol. The number of hydrogen-bond acceptors (Lipinski definition) is 5. The van der Waals surface area contributed by atoms with Crippen molar-refractivity contribution >= 4 is 23.0 Å². The van der Waals surface area contributed by atoms with Gasteiger partial charge in [0, 0.05) is 49.4 Å². The number of nitro benzene ring substituents is 1. The molecule has 132 valence electrons. The highest BCUT2D eigenvalue weighted by molar-refractivity contribution is 6.30. The molecule has 1 aliphatic heterocycles. The molecule has 0 spiro atoms. The van der Waals surface area contributed by atoms with Gasteiger partial charge in [0.05, 0.1) is 12.0 Å². The SMILES string of the molecule is COc1ccc(Cl)cc1CN1CCN(c2ccccc2[N+](=O)[O-])CC1. The van der Waals surface area contributed by atoms with Crippen molar-refractivity contribution in [3.8, 4) is 5.75 Å². The molecule has 0 unspecified atom stereocenters. The number of halogens is 1. The van der Waals surface area contributed by atoms with Crippen molar-refractivity contribution in [1.82, 2.24) is 4.90 Å². The van der Waals surface area contributed by atoms with Crippen molar-refractivity contribution in [2.75, 3.05) is 38.2 Å². The van der Waals surface area contributed by atoms with E-state index in [4.69, 9.17) is 16.3 Å². The van der Waals surface area contributed by atoms with E-state index in [9.17, 15) is 10.1 Å². The van der Waals surface area contributed by atoms with E-state index in [0.29, 0.717) is 10.7 Å². The van der Waals surface area contributed by atoms with Crippen LogP contribution in [-0.2, 0) is 6.54 Å². The standard InChI is InChI=1S/C18H20ClN3O3/c1-25-18-7-6-15(19)12-14(18)13-20-8-10-21(11-9-20)16-4-2-3-5-17(16)22(23)24/h2-7,12H,8-11,13H2,1H3. The zero-order valence-electron chi connectivity index (χ0n) is 14.0. The molecule has 0 aromatic heterocycles. The van der Waals surface area contributed by atoms with Crippen LogP contribution >= 0.6 is 11.6 Å². The van der Waals surface area contributed by atoms with Crippen molar-refractivity contribution in [2.45, 2.75) is 6.54 Å². The normalized spacial score (nSPS) is 15.2. The minimum absolute atomic E-state index is 0.160. The maximum atomic E-state index is 11.2. The van der Waals surface area contributed by atoms with Crippen LogP contribution in [-0.4, -0.2) is 43.1 Å². The van der Waals surface area contributed by atoms with Gasteiger partial charge in [0.25, 0.3) is 5.69 Å². The molecule has 1 fully saturated rings. The molecule has 1 aliphatic rings. The third-order valence-corrected chi connectivity index (χ3v) is 4.66. The fourth-order valence-corrected chi connectivity index (χ4v) is 3.34. The number of anilines is 1. The number of benzene rings is 2. The van der Waals surface area contributed by atoms with Crippen LogP contribution in [0.4, 0.5) is 11.4 Å². The van der Waals surface area contributed by atoms with E-state index in [1.54, 1.807) is 19.2 Å². The van der Waals surface area contributed by atoms with Gasteiger partial charge in [0.15, 0.2) is 0 Å². The lowest BCUT2D eigenvalue weighted by molar-refractivity contribution is -0.384. The number of piperazine rings is 1. The summed E-state index contributed by atoms with van der Waals surface area (Å²) in [6.07, 6.45) is 0. The average Bonchev–Trinajstić information content (AvgIpc) is 2.62. The Kier molecular flexibility index (Phi) is 5.40. The van der Waals surface area contributed by atoms with Crippen molar-refractivity contribution in [2.24, 2.45) is 0 Å². The number of ether oxygens (including phenoxy) is 1. The molecular formula is C18H20ClN3O3. The van der Waals surface area contributed by atoms with E-state index in [2.05, 4.69) is 9.80 Å². The Bertz CT molecular complexity index is 761. The topological polar surface area (TPSA) is 58.8 Å². The van der Waals surface area contributed by atoms with Crippen LogP contribution in [0.3, 0.4) is 0 Å². The molecule has 0 bridgehead atoms. The van der Waals surface area contributed by atoms with Crippen LogP contribution in [0.15, 0.2) is 42.5 Å². The molecule has 1 saturated heterocycles. The zero-order chi connectivity index (χ0) is 17.8. The quantitative estimate of drug-likeness (QED) is 0.601. The lowest BCUT2D eigenvalue weighted by Crippen LogP contribution is -2.46. The summed E-state index contributed by atoms with van der Waals surface area (Å²) in [5.74, 6) is 0.825. The zero-order valence-corrected chi connectivity index (χ0v) is 14.8. The molecule has 0 atom stereocenters. The van der Waals surface area contributed by atoms with Crippen molar-refractivity contribution in [1.29, 1.82) is 0 Å². The van der Waals surface area contributed by atoms with Crippen molar-refractivity contribution < 1.29 is 9.66 Å². The fourth-order valence-electron chi connectivity index (χ4n) is 3.14. The Hall–Kier alpha value is -2.31. The summed E-state index contributed by atoms with van der Waals surface area (Å²) in [6.45, 7) is 3.87. The van der Waals surface area contributed by atoms with Crippen LogP contribution < -0.4 is 9.64 Å². The number of rotatable bonds is 5. The number of nitrogens with zero attached hydrogens (tertiary/aromatic N) is 3. The summed E-state index contributed by atoms with van der Waals surface area (Å²) in [6, 6.07) is 12.5. The maximum absolute atomic E-state index is 11.2. The molecule has 0 amide bonds. The monoisotopic (exact) mass is 361 g/mol. The largest absolute Gasteiger partial charge is 0.496 e. The van der Waals surface area contributed by atoms with E-state index in [1.165, 1.54) is 0 Å². The van der Waals surface area contributed by atoms with Crippen LogP contribution in [0.1, 0.15) is 5.56 Å². The smallest absolute Gasteiger partial charge is 0.292 e. The molecular weight excluding hydrogens is 342 g/mol. The first kappa shape index (κ1) is 17.5. The van der Waals surface area contributed by atoms with E-state index >= 15 is 0 Å². The Morgan fingerprint density at radius 3 is 2.56 bits per heavy atom. The lowest BCUT2D eigenvalue weighted by Gasteiger charge is -2.36. The molecule has 0 aliphatic carbocycles. The molecule has 2 aromatic carbocycles. The summed E-state index contributed by atoms with van der Waals surface area (Å²) < 4.78 is 5.40. The summed E-state index contributed by atoms with van der Waals surface area (Å²) in [7, 11) is 1.65. The highest BCUT2D eigenvalue weighted by Crippen LogP contribution is 2.29. The second-order valence-electron chi connectivity index (χ2n) is 5.97. The Balaban J connectivity index is 1.67. The van der Waals surface area contributed by atoms with Crippen LogP contribution in [0.2, 0.25) is 5.02 Å². The second kappa shape index (κ2) is 7.72. The molecule has 1 heterocycles. The summed E-state index contributed by atoms with van der Waals surface area (Å²) in [4.78, 5) is 15.3. The first-order valence-corrected chi connectivity index (χ1v) is 8.49. The van der Waals surface area contributed by atoms with Crippen LogP contribution in [0, 0.1) is 10.1 Å². The first-order valence-electron chi connectivity index (χ1n) is 8.11. The predicted octanol–water partition coefficient (Wildman–Crippen LogP) is 3.58. The average molecular weight is 362 g/mol. The van der Waals surface area contributed by atoms with E-state index < -0.39 is 0 Å².